The Balaban J connectivity index is 2.81. The average molecular weight is 273 g/mol. The van der Waals surface area contributed by atoms with Gasteiger partial charge in [-0.2, -0.15) is 5.10 Å². The third-order valence-corrected chi connectivity index (χ3v) is 3.92. The smallest absolute Gasteiger partial charge is 0.167 e. The molecule has 102 valence electrons. The fourth-order valence-corrected chi connectivity index (χ4v) is 2.37. The largest absolute Gasteiger partial charge is 0.385 e. The Bertz CT molecular complexity index is 425. The third-order valence-electron chi connectivity index (χ3n) is 3.43. The molecule has 0 saturated carbocycles. The molecular weight excluding hydrogens is 252 g/mol. The summed E-state index contributed by atoms with van der Waals surface area (Å²) in [6.07, 6.45) is 0.808. The molecule has 1 aromatic rings. The first-order valence-electron chi connectivity index (χ1n) is 6.31. The number of nitrogens with zero attached hydrogens (tertiary/aromatic N) is 2. The number of rotatable bonds is 6. The first-order chi connectivity index (χ1) is 8.42. The Hall–Kier alpha value is -0.870. The third kappa shape index (κ3) is 3.12. The molecule has 0 fully saturated rings. The summed E-state index contributed by atoms with van der Waals surface area (Å²) in [6, 6.07) is 0. The highest BCUT2D eigenvalue weighted by Crippen LogP contribution is 2.22. The molecule has 1 heterocycles. The van der Waals surface area contributed by atoms with Crippen molar-refractivity contribution in [1.29, 1.82) is 0 Å². The molecule has 0 aliphatic carbocycles. The van der Waals surface area contributed by atoms with Gasteiger partial charge in [0.15, 0.2) is 5.78 Å². The van der Waals surface area contributed by atoms with Crippen molar-refractivity contribution in [3.05, 3.63) is 16.4 Å². The number of ketones is 1. The second kappa shape index (κ2) is 6.34. The van der Waals surface area contributed by atoms with Crippen LogP contribution in [0.1, 0.15) is 38.1 Å². The number of hydrogen-bond donors (Lipinski definition) is 1. The van der Waals surface area contributed by atoms with Gasteiger partial charge in [0.05, 0.1) is 22.8 Å². The molecule has 5 heteroatoms. The summed E-state index contributed by atoms with van der Waals surface area (Å²) >= 11 is 6.09. The van der Waals surface area contributed by atoms with E-state index < -0.39 is 6.10 Å². The van der Waals surface area contributed by atoms with Crippen molar-refractivity contribution in [1.82, 2.24) is 9.78 Å². The molecule has 0 aliphatic rings. The fraction of sp³-hybridized carbons (Fsp3) is 0.692. The second-order valence-corrected chi connectivity index (χ2v) is 5.01. The van der Waals surface area contributed by atoms with Crippen molar-refractivity contribution in [2.24, 2.45) is 13.0 Å². The van der Waals surface area contributed by atoms with E-state index in [2.05, 4.69) is 5.10 Å². The Labute approximate surface area is 113 Å². The zero-order valence-electron chi connectivity index (χ0n) is 11.4. The zero-order chi connectivity index (χ0) is 13.9. The molecule has 1 N–H and O–H groups in total. The van der Waals surface area contributed by atoms with Crippen molar-refractivity contribution >= 4 is 17.4 Å². The van der Waals surface area contributed by atoms with Crippen LogP contribution in [0.15, 0.2) is 0 Å². The molecule has 0 spiro atoms. The lowest BCUT2D eigenvalue weighted by atomic mass is 9.92. The first kappa shape index (κ1) is 15.2. The van der Waals surface area contributed by atoms with Crippen LogP contribution < -0.4 is 0 Å². The highest BCUT2D eigenvalue weighted by atomic mass is 35.5. The number of hydrogen-bond acceptors (Lipinski definition) is 3. The number of aromatic nitrogens is 2. The molecule has 1 aromatic heterocycles. The molecule has 4 nitrogen and oxygen atoms in total. The van der Waals surface area contributed by atoms with Crippen LogP contribution >= 0.6 is 11.6 Å². The summed E-state index contributed by atoms with van der Waals surface area (Å²) in [4.78, 5) is 12.0. The topological polar surface area (TPSA) is 55.1 Å². The minimum Gasteiger partial charge on any atom is -0.385 e. The SMILES string of the molecule is CCC(CC)C(O)C(=O)Cc1c(Cl)c(C)nn1C. The van der Waals surface area contributed by atoms with Crippen LogP contribution in [0.25, 0.3) is 0 Å². The van der Waals surface area contributed by atoms with E-state index in [1.54, 1.807) is 18.7 Å². The highest BCUT2D eigenvalue weighted by Gasteiger charge is 2.25. The Morgan fingerprint density at radius 2 is 2.00 bits per heavy atom. The van der Waals surface area contributed by atoms with Gasteiger partial charge in [-0.25, -0.2) is 0 Å². The molecule has 0 saturated heterocycles. The minimum atomic E-state index is -0.911. The molecule has 0 aliphatic heterocycles. The summed E-state index contributed by atoms with van der Waals surface area (Å²) in [6.45, 7) is 5.76. The van der Waals surface area contributed by atoms with Crippen molar-refractivity contribution in [2.75, 3.05) is 0 Å². The van der Waals surface area contributed by atoms with Crippen LogP contribution in [-0.4, -0.2) is 26.8 Å². The number of aliphatic hydroxyl groups excluding tert-OH is 1. The first-order valence-corrected chi connectivity index (χ1v) is 6.68. The lowest BCUT2D eigenvalue weighted by Crippen LogP contribution is -2.30. The number of aliphatic hydroxyl groups is 1. The van der Waals surface area contributed by atoms with Crippen LogP contribution in [-0.2, 0) is 18.3 Å². The van der Waals surface area contributed by atoms with Gasteiger partial charge in [0.1, 0.15) is 6.10 Å². The van der Waals surface area contributed by atoms with Crippen LogP contribution in [0.2, 0.25) is 5.02 Å². The van der Waals surface area contributed by atoms with Gasteiger partial charge in [-0.15, -0.1) is 0 Å². The number of carbonyl (C=O) groups excluding carboxylic acids is 1. The predicted octanol–water partition coefficient (Wildman–Crippen LogP) is 2.29. The van der Waals surface area contributed by atoms with E-state index in [1.165, 1.54) is 0 Å². The van der Waals surface area contributed by atoms with E-state index in [9.17, 15) is 9.90 Å². The van der Waals surface area contributed by atoms with Gasteiger partial charge < -0.3 is 5.11 Å². The van der Waals surface area contributed by atoms with Crippen LogP contribution in [0.3, 0.4) is 0 Å². The lowest BCUT2D eigenvalue weighted by Gasteiger charge is -2.18. The monoisotopic (exact) mass is 272 g/mol. The summed E-state index contributed by atoms with van der Waals surface area (Å²) in [5.41, 5.74) is 1.38. The molecule has 0 bridgehead atoms. The maximum atomic E-state index is 12.0. The number of carbonyl (C=O) groups is 1. The van der Waals surface area contributed by atoms with E-state index in [-0.39, 0.29) is 18.1 Å². The normalized spacial score (nSPS) is 13.1. The second-order valence-electron chi connectivity index (χ2n) is 4.63. The molecule has 0 radical (unpaired) electrons. The minimum absolute atomic E-state index is 0.0191. The quantitative estimate of drug-likeness (QED) is 0.864. The Morgan fingerprint density at radius 1 is 1.44 bits per heavy atom. The predicted molar refractivity (Wildman–Crippen MR) is 71.7 cm³/mol. The maximum Gasteiger partial charge on any atom is 0.167 e. The summed E-state index contributed by atoms with van der Waals surface area (Å²) in [5.74, 6) is -0.167. The van der Waals surface area contributed by atoms with E-state index in [1.807, 2.05) is 13.8 Å². The average Bonchev–Trinajstić information content (AvgIpc) is 2.57. The molecule has 1 atom stereocenters. The standard InChI is InChI=1S/C13H21ClN2O2/c1-5-9(6-2)13(18)11(17)7-10-12(14)8(3)15-16(10)4/h9,13,18H,5-7H2,1-4H3. The fourth-order valence-electron chi connectivity index (χ4n) is 2.14. The van der Waals surface area contributed by atoms with Crippen molar-refractivity contribution in [2.45, 2.75) is 46.1 Å². The molecule has 1 rings (SSSR count). The van der Waals surface area contributed by atoms with Crippen LogP contribution in [0, 0.1) is 12.8 Å². The Kier molecular flexibility index (Phi) is 5.35. The number of halogens is 1. The van der Waals surface area contributed by atoms with E-state index >= 15 is 0 Å². The number of Topliss-reactive ketones (excluding diaryl/α,β-unsaturated/α-hetero) is 1. The van der Waals surface area contributed by atoms with Gasteiger partial charge in [-0.1, -0.05) is 38.3 Å². The lowest BCUT2D eigenvalue weighted by molar-refractivity contribution is -0.129. The van der Waals surface area contributed by atoms with Gasteiger partial charge >= 0.3 is 0 Å². The number of aryl methyl sites for hydroxylation is 2. The van der Waals surface area contributed by atoms with Gasteiger partial charge in [0.25, 0.3) is 0 Å². The Morgan fingerprint density at radius 3 is 2.39 bits per heavy atom. The van der Waals surface area contributed by atoms with Crippen LogP contribution in [0.5, 0.6) is 0 Å². The maximum absolute atomic E-state index is 12.0. The van der Waals surface area contributed by atoms with Crippen LogP contribution in [0.4, 0.5) is 0 Å². The van der Waals surface area contributed by atoms with Crippen molar-refractivity contribution in [3.63, 3.8) is 0 Å². The van der Waals surface area contributed by atoms with Gasteiger partial charge in [0, 0.05) is 7.05 Å². The van der Waals surface area contributed by atoms with E-state index in [0.717, 1.165) is 12.8 Å². The molecule has 18 heavy (non-hydrogen) atoms. The van der Waals surface area contributed by atoms with E-state index in [0.29, 0.717) is 16.4 Å². The molecule has 0 amide bonds. The van der Waals surface area contributed by atoms with Gasteiger partial charge in [-0.05, 0) is 12.8 Å². The molecular formula is C13H21ClN2O2. The van der Waals surface area contributed by atoms with Gasteiger partial charge in [0.2, 0.25) is 0 Å². The zero-order valence-corrected chi connectivity index (χ0v) is 12.2. The highest BCUT2D eigenvalue weighted by molar-refractivity contribution is 6.32. The summed E-state index contributed by atoms with van der Waals surface area (Å²) in [7, 11) is 1.75. The van der Waals surface area contributed by atoms with E-state index in [4.69, 9.17) is 11.6 Å². The summed E-state index contributed by atoms with van der Waals surface area (Å²) < 4.78 is 1.61. The van der Waals surface area contributed by atoms with Gasteiger partial charge in [-0.3, -0.25) is 9.48 Å². The molecule has 1 unspecified atom stereocenters. The molecule has 0 aromatic carbocycles. The van der Waals surface area contributed by atoms with Crippen molar-refractivity contribution < 1.29 is 9.90 Å². The van der Waals surface area contributed by atoms with Crippen molar-refractivity contribution in [3.8, 4) is 0 Å². The summed E-state index contributed by atoms with van der Waals surface area (Å²) in [5, 5.41) is 14.7.